The van der Waals surface area contributed by atoms with Crippen LogP contribution in [0.1, 0.15) is 60.2 Å². The molecule has 0 unspecified atom stereocenters. The van der Waals surface area contributed by atoms with Crippen molar-refractivity contribution in [2.24, 2.45) is 0 Å². The van der Waals surface area contributed by atoms with Crippen LogP contribution in [0.3, 0.4) is 0 Å². The molecule has 0 radical (unpaired) electrons. The van der Waals surface area contributed by atoms with Gasteiger partial charge in [0.2, 0.25) is 0 Å². The normalized spacial score (nSPS) is 14.4. The van der Waals surface area contributed by atoms with Crippen molar-refractivity contribution in [3.63, 3.8) is 0 Å². The molecule has 1 aliphatic heterocycles. The van der Waals surface area contributed by atoms with Gasteiger partial charge in [0.1, 0.15) is 0 Å². The van der Waals surface area contributed by atoms with Crippen LogP contribution in [0.25, 0.3) is 0 Å². The maximum absolute atomic E-state index is 12.1. The van der Waals surface area contributed by atoms with Crippen molar-refractivity contribution in [3.05, 3.63) is 23.5 Å². The van der Waals surface area contributed by atoms with Crippen LogP contribution < -0.4 is 0 Å². The Morgan fingerprint density at radius 1 is 0.889 bits per heavy atom. The highest BCUT2D eigenvalue weighted by atomic mass is 16.2. The molecule has 4 heteroatoms. The fourth-order valence-electron chi connectivity index (χ4n) is 2.22. The molecule has 0 spiro atoms. The first-order valence-electron chi connectivity index (χ1n) is 6.75. The maximum Gasteiger partial charge on any atom is 0.263 e. The third-order valence-corrected chi connectivity index (χ3v) is 3.34. The predicted octanol–water partition coefficient (Wildman–Crippen LogP) is 2.68. The summed E-state index contributed by atoms with van der Waals surface area (Å²) in [6, 6.07) is 0. The fourth-order valence-corrected chi connectivity index (χ4v) is 2.22. The molecule has 2 rings (SSSR count). The van der Waals surface area contributed by atoms with E-state index < -0.39 is 0 Å². The second-order valence-corrected chi connectivity index (χ2v) is 4.79. The average Bonchev–Trinajstić information content (AvgIpc) is 2.87. The van der Waals surface area contributed by atoms with E-state index in [2.05, 4.69) is 13.8 Å². The Labute approximate surface area is 108 Å². The Bertz CT molecular complexity index is 429. The van der Waals surface area contributed by atoms with Crippen LogP contribution in [-0.2, 0) is 6.54 Å². The van der Waals surface area contributed by atoms with Crippen LogP contribution in [0.2, 0.25) is 0 Å². The summed E-state index contributed by atoms with van der Waals surface area (Å²) < 4.78 is 1.96. The van der Waals surface area contributed by atoms with E-state index in [9.17, 15) is 9.59 Å². The number of aromatic nitrogens is 1. The summed E-state index contributed by atoms with van der Waals surface area (Å²) in [4.78, 5) is 25.6. The second-order valence-electron chi connectivity index (χ2n) is 4.79. The summed E-state index contributed by atoms with van der Waals surface area (Å²) in [5.41, 5.74) is 1.15. The van der Waals surface area contributed by atoms with Gasteiger partial charge in [0, 0.05) is 25.5 Å². The van der Waals surface area contributed by atoms with Gasteiger partial charge in [-0.2, -0.15) is 0 Å². The number of aryl methyl sites for hydroxylation is 1. The van der Waals surface area contributed by atoms with E-state index in [0.29, 0.717) is 17.7 Å². The van der Waals surface area contributed by atoms with Crippen LogP contribution in [-0.4, -0.2) is 27.8 Å². The zero-order valence-electron chi connectivity index (χ0n) is 11.1. The highest BCUT2D eigenvalue weighted by Crippen LogP contribution is 2.24. The number of imide groups is 1. The van der Waals surface area contributed by atoms with E-state index in [1.165, 1.54) is 4.90 Å². The smallest absolute Gasteiger partial charge is 0.263 e. The molecule has 0 saturated heterocycles. The number of carbonyl (C=O) groups is 2. The highest BCUT2D eigenvalue weighted by Gasteiger charge is 2.36. The first kappa shape index (κ1) is 12.9. The van der Waals surface area contributed by atoms with Crippen molar-refractivity contribution >= 4 is 11.8 Å². The second kappa shape index (κ2) is 5.38. The highest BCUT2D eigenvalue weighted by molar-refractivity contribution is 6.21. The number of rotatable bonds is 6. The van der Waals surface area contributed by atoms with Gasteiger partial charge in [-0.1, -0.05) is 26.7 Å². The van der Waals surface area contributed by atoms with Crippen molar-refractivity contribution in [1.29, 1.82) is 0 Å². The van der Waals surface area contributed by atoms with Gasteiger partial charge in [0.05, 0.1) is 11.1 Å². The van der Waals surface area contributed by atoms with Gasteiger partial charge in [-0.15, -0.1) is 0 Å². The van der Waals surface area contributed by atoms with Crippen LogP contribution in [0.5, 0.6) is 0 Å². The van der Waals surface area contributed by atoms with Crippen LogP contribution >= 0.6 is 0 Å². The first-order valence-corrected chi connectivity index (χ1v) is 6.75. The third kappa shape index (κ3) is 2.19. The van der Waals surface area contributed by atoms with Gasteiger partial charge >= 0.3 is 0 Å². The Balaban J connectivity index is 2.14. The topological polar surface area (TPSA) is 42.3 Å². The molecule has 1 aromatic rings. The summed E-state index contributed by atoms with van der Waals surface area (Å²) in [6.45, 7) is 5.59. The first-order chi connectivity index (χ1) is 8.69. The Kier molecular flexibility index (Phi) is 3.84. The Morgan fingerprint density at radius 2 is 1.39 bits per heavy atom. The van der Waals surface area contributed by atoms with Gasteiger partial charge < -0.3 is 4.57 Å². The standard InChI is InChI=1S/C14H20N2O2/c1-3-5-7-15-9-11-12(10-15)14(18)16(13(11)17)8-6-4-2/h9-10H,3-8H2,1-2H3. The summed E-state index contributed by atoms with van der Waals surface area (Å²) in [7, 11) is 0. The van der Waals surface area contributed by atoms with E-state index >= 15 is 0 Å². The minimum absolute atomic E-state index is 0.126. The number of unbranched alkanes of at least 4 members (excludes halogenated alkanes) is 2. The minimum Gasteiger partial charge on any atom is -0.353 e. The molecule has 2 amide bonds. The number of hydrogen-bond donors (Lipinski definition) is 0. The van der Waals surface area contributed by atoms with Gasteiger partial charge in [-0.25, -0.2) is 0 Å². The van der Waals surface area contributed by atoms with E-state index in [1.54, 1.807) is 0 Å². The fraction of sp³-hybridized carbons (Fsp3) is 0.571. The SMILES string of the molecule is CCCCN1C(=O)c2cn(CCCC)cc2C1=O. The number of carbonyl (C=O) groups excluding carboxylic acids is 2. The Hall–Kier alpha value is -1.58. The van der Waals surface area contributed by atoms with Crippen LogP contribution in [0.15, 0.2) is 12.4 Å². The van der Waals surface area contributed by atoms with Crippen molar-refractivity contribution in [2.45, 2.75) is 46.1 Å². The van der Waals surface area contributed by atoms with Crippen molar-refractivity contribution < 1.29 is 9.59 Å². The molecular formula is C14H20N2O2. The predicted molar refractivity (Wildman–Crippen MR) is 69.6 cm³/mol. The zero-order chi connectivity index (χ0) is 13.1. The summed E-state index contributed by atoms with van der Waals surface area (Å²) in [5, 5.41) is 0. The zero-order valence-corrected chi connectivity index (χ0v) is 11.1. The molecule has 18 heavy (non-hydrogen) atoms. The lowest BCUT2D eigenvalue weighted by molar-refractivity contribution is 0.0651. The maximum atomic E-state index is 12.1. The van der Waals surface area contributed by atoms with E-state index in [0.717, 1.165) is 32.2 Å². The van der Waals surface area contributed by atoms with Crippen molar-refractivity contribution in [2.75, 3.05) is 6.54 Å². The molecule has 0 fully saturated rings. The Morgan fingerprint density at radius 3 is 1.89 bits per heavy atom. The number of hydrogen-bond acceptors (Lipinski definition) is 2. The molecule has 1 aliphatic rings. The van der Waals surface area contributed by atoms with E-state index in [-0.39, 0.29) is 11.8 Å². The summed E-state index contributed by atoms with van der Waals surface area (Å²) in [6.07, 6.45) is 7.66. The lowest BCUT2D eigenvalue weighted by atomic mass is 10.2. The van der Waals surface area contributed by atoms with E-state index in [1.807, 2.05) is 17.0 Å². The molecule has 0 bridgehead atoms. The molecule has 0 atom stereocenters. The quantitative estimate of drug-likeness (QED) is 0.726. The van der Waals surface area contributed by atoms with Gasteiger partial charge in [-0.05, 0) is 12.8 Å². The minimum atomic E-state index is -0.126. The monoisotopic (exact) mass is 248 g/mol. The summed E-state index contributed by atoms with van der Waals surface area (Å²) in [5.74, 6) is -0.252. The van der Waals surface area contributed by atoms with Gasteiger partial charge in [-0.3, -0.25) is 14.5 Å². The van der Waals surface area contributed by atoms with Crippen molar-refractivity contribution in [1.82, 2.24) is 9.47 Å². The largest absolute Gasteiger partial charge is 0.353 e. The molecule has 98 valence electrons. The van der Waals surface area contributed by atoms with Gasteiger partial charge in [0.25, 0.3) is 11.8 Å². The van der Waals surface area contributed by atoms with Crippen LogP contribution in [0, 0.1) is 0 Å². The van der Waals surface area contributed by atoms with Crippen molar-refractivity contribution in [3.8, 4) is 0 Å². The number of nitrogens with zero attached hydrogens (tertiary/aromatic N) is 2. The average molecular weight is 248 g/mol. The lowest BCUT2D eigenvalue weighted by Crippen LogP contribution is -2.31. The molecular weight excluding hydrogens is 228 g/mol. The van der Waals surface area contributed by atoms with Gasteiger partial charge in [0.15, 0.2) is 0 Å². The number of fused-ring (bicyclic) bond motifs is 1. The summed E-state index contributed by atoms with van der Waals surface area (Å²) >= 11 is 0. The molecule has 2 heterocycles. The third-order valence-electron chi connectivity index (χ3n) is 3.34. The van der Waals surface area contributed by atoms with Crippen LogP contribution in [0.4, 0.5) is 0 Å². The van der Waals surface area contributed by atoms with E-state index in [4.69, 9.17) is 0 Å². The molecule has 0 aromatic carbocycles. The molecule has 0 N–H and O–H groups in total. The molecule has 0 saturated carbocycles. The lowest BCUT2D eigenvalue weighted by Gasteiger charge is -2.13. The molecule has 4 nitrogen and oxygen atoms in total. The number of amides is 2. The molecule has 1 aromatic heterocycles. The molecule has 0 aliphatic carbocycles.